The van der Waals surface area contributed by atoms with Crippen molar-refractivity contribution in [2.45, 2.75) is 26.4 Å². The highest BCUT2D eigenvalue weighted by atomic mass is 16.6. The second kappa shape index (κ2) is 7.81. The van der Waals surface area contributed by atoms with Crippen molar-refractivity contribution in [3.8, 4) is 17.0 Å². The highest BCUT2D eigenvalue weighted by Crippen LogP contribution is 2.30. The molecule has 1 aromatic carbocycles. The highest BCUT2D eigenvalue weighted by Gasteiger charge is 2.30. The number of nitrogens with zero attached hydrogens (tertiary/aromatic N) is 4. The summed E-state index contributed by atoms with van der Waals surface area (Å²) in [6.07, 6.45) is 1.23. The van der Waals surface area contributed by atoms with Gasteiger partial charge in [0.1, 0.15) is 22.6 Å². The number of imidazole rings is 1. The summed E-state index contributed by atoms with van der Waals surface area (Å²) >= 11 is 0. The predicted molar refractivity (Wildman–Crippen MR) is 114 cm³/mol. The second-order valence-electron chi connectivity index (χ2n) is 8.36. The molecule has 9 nitrogen and oxygen atoms in total. The van der Waals surface area contributed by atoms with Crippen molar-refractivity contribution in [2.24, 2.45) is 5.92 Å². The molecule has 1 fully saturated rings. The summed E-state index contributed by atoms with van der Waals surface area (Å²) in [4.78, 5) is 30.7. The van der Waals surface area contributed by atoms with Gasteiger partial charge in [-0.3, -0.25) is 0 Å². The Bertz CT molecular complexity index is 1040. The molecule has 158 valence electrons. The third kappa shape index (κ3) is 4.29. The van der Waals surface area contributed by atoms with Gasteiger partial charge in [-0.25, -0.2) is 14.8 Å². The average molecular weight is 410 g/mol. The number of ether oxygens (including phenoxy) is 2. The summed E-state index contributed by atoms with van der Waals surface area (Å²) in [5.74, 6) is 1.74. The van der Waals surface area contributed by atoms with Gasteiger partial charge in [0.2, 0.25) is 5.95 Å². The van der Waals surface area contributed by atoms with Crippen molar-refractivity contribution in [2.75, 3.05) is 31.6 Å². The molecule has 30 heavy (non-hydrogen) atoms. The Morgan fingerprint density at radius 2 is 1.97 bits per heavy atom. The molecular weight excluding hydrogens is 384 g/mol. The first kappa shape index (κ1) is 19.9. The molecule has 0 unspecified atom stereocenters. The molecule has 1 amide bonds. The van der Waals surface area contributed by atoms with Crippen molar-refractivity contribution in [3.05, 3.63) is 30.6 Å². The number of aromatic amines is 1. The molecule has 1 aliphatic rings. The fourth-order valence-electron chi connectivity index (χ4n) is 3.33. The van der Waals surface area contributed by atoms with Crippen LogP contribution in [0.5, 0.6) is 5.75 Å². The Labute approximate surface area is 174 Å². The molecule has 0 atom stereocenters. The molecule has 0 radical (unpaired) electrons. The third-order valence-electron chi connectivity index (χ3n) is 4.81. The number of fused-ring (bicyclic) bond motifs is 1. The standard InChI is InChI=1S/C21H26N6O3/c1-21(2,3)30-20(28)22-9-13-10-27(11-13)19-25-16(17-18(26-19)24-12-23-17)14-5-7-15(29-4)8-6-14/h5-8,12-13H,9-11H2,1-4H3,(H,22,28)(H,23,24,25,26). The monoisotopic (exact) mass is 410 g/mol. The summed E-state index contributed by atoms with van der Waals surface area (Å²) in [6.45, 7) is 7.62. The Hall–Kier alpha value is -3.36. The molecule has 2 aromatic heterocycles. The summed E-state index contributed by atoms with van der Waals surface area (Å²) in [6, 6.07) is 7.74. The maximum atomic E-state index is 11.8. The van der Waals surface area contributed by atoms with E-state index >= 15 is 0 Å². The summed E-state index contributed by atoms with van der Waals surface area (Å²) in [7, 11) is 1.64. The molecule has 0 spiro atoms. The second-order valence-corrected chi connectivity index (χ2v) is 8.36. The number of carbonyl (C=O) groups is 1. The smallest absolute Gasteiger partial charge is 0.407 e. The molecule has 0 bridgehead atoms. The molecule has 0 aliphatic carbocycles. The van der Waals surface area contributed by atoms with E-state index in [1.165, 1.54) is 0 Å². The summed E-state index contributed by atoms with van der Waals surface area (Å²) in [5.41, 5.74) is 2.68. The van der Waals surface area contributed by atoms with Crippen molar-refractivity contribution in [1.29, 1.82) is 0 Å². The van der Waals surface area contributed by atoms with Gasteiger partial charge >= 0.3 is 6.09 Å². The van der Waals surface area contributed by atoms with Crippen molar-refractivity contribution in [1.82, 2.24) is 25.3 Å². The van der Waals surface area contributed by atoms with E-state index in [4.69, 9.17) is 14.5 Å². The predicted octanol–water partition coefficient (Wildman–Crippen LogP) is 2.99. The highest BCUT2D eigenvalue weighted by molar-refractivity contribution is 5.88. The van der Waals surface area contributed by atoms with Crippen LogP contribution in [0.25, 0.3) is 22.4 Å². The number of hydrogen-bond donors (Lipinski definition) is 2. The van der Waals surface area contributed by atoms with Crippen LogP contribution in [0, 0.1) is 5.92 Å². The topological polar surface area (TPSA) is 105 Å². The van der Waals surface area contributed by atoms with E-state index in [0.717, 1.165) is 35.6 Å². The van der Waals surface area contributed by atoms with Gasteiger partial charge in [-0.15, -0.1) is 0 Å². The number of rotatable bonds is 5. The number of hydrogen-bond acceptors (Lipinski definition) is 7. The molecule has 3 heterocycles. The van der Waals surface area contributed by atoms with Crippen LogP contribution in [0.15, 0.2) is 30.6 Å². The minimum absolute atomic E-state index is 0.320. The van der Waals surface area contributed by atoms with Crippen LogP contribution in [0.4, 0.5) is 10.7 Å². The van der Waals surface area contributed by atoms with Crippen LogP contribution < -0.4 is 15.0 Å². The lowest BCUT2D eigenvalue weighted by Gasteiger charge is -2.39. The summed E-state index contributed by atoms with van der Waals surface area (Å²) in [5, 5.41) is 2.83. The van der Waals surface area contributed by atoms with Crippen LogP contribution in [0.2, 0.25) is 0 Å². The minimum Gasteiger partial charge on any atom is -0.497 e. The van der Waals surface area contributed by atoms with E-state index in [-0.39, 0.29) is 0 Å². The normalized spacial score (nSPS) is 14.5. The van der Waals surface area contributed by atoms with Crippen LogP contribution in [-0.4, -0.2) is 58.4 Å². The van der Waals surface area contributed by atoms with Gasteiger partial charge in [0, 0.05) is 31.1 Å². The minimum atomic E-state index is -0.500. The number of anilines is 1. The quantitative estimate of drug-likeness (QED) is 0.666. The number of alkyl carbamates (subject to hydrolysis) is 1. The van der Waals surface area contributed by atoms with Crippen molar-refractivity contribution in [3.63, 3.8) is 0 Å². The Morgan fingerprint density at radius 3 is 2.63 bits per heavy atom. The van der Waals surface area contributed by atoms with Crippen LogP contribution in [-0.2, 0) is 4.74 Å². The van der Waals surface area contributed by atoms with E-state index in [1.807, 2.05) is 45.0 Å². The van der Waals surface area contributed by atoms with Gasteiger partial charge in [-0.2, -0.15) is 4.98 Å². The number of H-pyrrole nitrogens is 1. The number of methoxy groups -OCH3 is 1. The number of amides is 1. The first-order valence-electron chi connectivity index (χ1n) is 9.90. The zero-order valence-electron chi connectivity index (χ0n) is 17.6. The van der Waals surface area contributed by atoms with Gasteiger partial charge in [-0.1, -0.05) is 0 Å². The van der Waals surface area contributed by atoms with Crippen LogP contribution in [0.3, 0.4) is 0 Å². The SMILES string of the molecule is COc1ccc(-c2nc(N3CC(CNC(=O)OC(C)(C)C)C3)nc3nc[nH]c23)cc1. The van der Waals surface area contributed by atoms with Crippen molar-refractivity contribution < 1.29 is 14.3 Å². The maximum absolute atomic E-state index is 11.8. The van der Waals surface area contributed by atoms with E-state index in [0.29, 0.717) is 24.1 Å². The summed E-state index contributed by atoms with van der Waals surface area (Å²) < 4.78 is 10.5. The molecule has 0 saturated carbocycles. The molecule has 2 N–H and O–H groups in total. The number of nitrogens with one attached hydrogen (secondary N) is 2. The molecule has 3 aromatic rings. The lowest BCUT2D eigenvalue weighted by molar-refractivity contribution is 0.0516. The van der Waals surface area contributed by atoms with E-state index in [2.05, 4.69) is 25.2 Å². The van der Waals surface area contributed by atoms with E-state index in [1.54, 1.807) is 13.4 Å². The largest absolute Gasteiger partial charge is 0.497 e. The van der Waals surface area contributed by atoms with E-state index in [9.17, 15) is 4.79 Å². The third-order valence-corrected chi connectivity index (χ3v) is 4.81. The number of benzene rings is 1. The van der Waals surface area contributed by atoms with Crippen molar-refractivity contribution >= 4 is 23.2 Å². The Morgan fingerprint density at radius 1 is 1.23 bits per heavy atom. The zero-order chi connectivity index (χ0) is 21.3. The van der Waals surface area contributed by atoms with Crippen LogP contribution >= 0.6 is 0 Å². The zero-order valence-corrected chi connectivity index (χ0v) is 17.6. The fourth-order valence-corrected chi connectivity index (χ4v) is 3.33. The van der Waals surface area contributed by atoms with Gasteiger partial charge in [0.25, 0.3) is 0 Å². The first-order chi connectivity index (χ1) is 14.3. The van der Waals surface area contributed by atoms with Gasteiger partial charge < -0.3 is 24.7 Å². The van der Waals surface area contributed by atoms with E-state index < -0.39 is 11.7 Å². The van der Waals surface area contributed by atoms with Gasteiger partial charge in [-0.05, 0) is 45.0 Å². The lowest BCUT2D eigenvalue weighted by atomic mass is 10.0. The molecular formula is C21H26N6O3. The Kier molecular flexibility index (Phi) is 5.19. The van der Waals surface area contributed by atoms with Crippen LogP contribution in [0.1, 0.15) is 20.8 Å². The average Bonchev–Trinajstić information content (AvgIpc) is 3.13. The molecule has 1 aliphatic heterocycles. The van der Waals surface area contributed by atoms with Gasteiger partial charge in [0.05, 0.1) is 13.4 Å². The van der Waals surface area contributed by atoms with Gasteiger partial charge in [0.15, 0.2) is 5.65 Å². The molecule has 9 heteroatoms. The number of aromatic nitrogens is 4. The maximum Gasteiger partial charge on any atom is 0.407 e. The number of carbonyl (C=O) groups excluding carboxylic acids is 1. The first-order valence-corrected chi connectivity index (χ1v) is 9.90. The molecule has 1 saturated heterocycles. The lowest BCUT2D eigenvalue weighted by Crippen LogP contribution is -2.52. The Balaban J connectivity index is 1.45. The molecule has 4 rings (SSSR count). The fraction of sp³-hybridized carbons (Fsp3) is 0.429.